The second-order valence-corrected chi connectivity index (χ2v) is 4.75. The van der Waals surface area contributed by atoms with Crippen LogP contribution >= 0.6 is 0 Å². The first-order valence-corrected chi connectivity index (χ1v) is 6.93. The molecule has 2 rings (SSSR count). The molecule has 0 aliphatic heterocycles. The third-order valence-corrected chi connectivity index (χ3v) is 3.18. The van der Waals surface area contributed by atoms with E-state index in [-0.39, 0.29) is 0 Å². The normalized spacial score (nSPS) is 10.9. The van der Waals surface area contributed by atoms with Gasteiger partial charge in [0.2, 0.25) is 0 Å². The van der Waals surface area contributed by atoms with Crippen LogP contribution in [0, 0.1) is 0 Å². The minimum atomic E-state index is 0.740. The molecule has 2 heteroatoms. The summed E-state index contributed by atoms with van der Waals surface area (Å²) in [5, 5.41) is 0. The Bertz CT molecular complexity index is 575. The molecule has 2 aromatic carbocycles. The third-order valence-electron chi connectivity index (χ3n) is 3.18. The Morgan fingerprint density at radius 3 is 2.40 bits per heavy atom. The van der Waals surface area contributed by atoms with Gasteiger partial charge >= 0.3 is 0 Å². The molecule has 0 unspecified atom stereocenters. The first-order chi connectivity index (χ1) is 9.81. The van der Waals surface area contributed by atoms with Crippen molar-refractivity contribution < 1.29 is 4.74 Å². The van der Waals surface area contributed by atoms with Crippen LogP contribution in [-0.4, -0.2) is 13.7 Å². The molecule has 0 heterocycles. The van der Waals surface area contributed by atoms with Crippen molar-refractivity contribution in [2.45, 2.75) is 12.8 Å². The third kappa shape index (κ3) is 4.25. The Hall–Kier alpha value is -2.06. The van der Waals surface area contributed by atoms with Gasteiger partial charge in [-0.1, -0.05) is 48.6 Å². The van der Waals surface area contributed by atoms with E-state index in [0.717, 1.165) is 30.7 Å². The van der Waals surface area contributed by atoms with Crippen LogP contribution in [-0.2, 0) is 6.42 Å². The van der Waals surface area contributed by atoms with Gasteiger partial charge in [-0.25, -0.2) is 0 Å². The van der Waals surface area contributed by atoms with Crippen molar-refractivity contribution in [3.8, 4) is 5.75 Å². The fourth-order valence-electron chi connectivity index (χ4n) is 2.10. The molecule has 0 amide bonds. The number of ether oxygens (including phenoxy) is 1. The summed E-state index contributed by atoms with van der Waals surface area (Å²) in [4.78, 5) is 0. The van der Waals surface area contributed by atoms with E-state index in [1.165, 1.54) is 11.1 Å². The molecule has 0 bridgehead atoms. The Morgan fingerprint density at radius 2 is 1.70 bits per heavy atom. The van der Waals surface area contributed by atoms with E-state index in [9.17, 15) is 0 Å². The number of nitrogens with two attached hydrogens (primary N) is 1. The number of hydrogen-bond donors (Lipinski definition) is 1. The lowest BCUT2D eigenvalue weighted by Crippen LogP contribution is -2.00. The van der Waals surface area contributed by atoms with Crippen LogP contribution < -0.4 is 10.5 Å². The molecular formula is C18H21NO. The van der Waals surface area contributed by atoms with Crippen LogP contribution in [0.3, 0.4) is 0 Å². The highest BCUT2D eigenvalue weighted by atomic mass is 16.5. The standard InChI is InChI=1S/C18H21NO/c1-20-18-9-3-7-17(14-18)11-10-16-6-2-5-15(13-16)8-4-12-19/h2-3,5-7,9-11,13-14H,4,8,12,19H2,1H3. The summed E-state index contributed by atoms with van der Waals surface area (Å²) >= 11 is 0. The van der Waals surface area contributed by atoms with Gasteiger partial charge in [-0.3, -0.25) is 0 Å². The molecule has 2 nitrogen and oxygen atoms in total. The lowest BCUT2D eigenvalue weighted by molar-refractivity contribution is 0.414. The highest BCUT2D eigenvalue weighted by Gasteiger charge is 1.95. The fraction of sp³-hybridized carbons (Fsp3) is 0.222. The predicted molar refractivity (Wildman–Crippen MR) is 85.7 cm³/mol. The van der Waals surface area contributed by atoms with E-state index >= 15 is 0 Å². The molecule has 0 radical (unpaired) electrons. The number of aryl methyl sites for hydroxylation is 1. The van der Waals surface area contributed by atoms with Gasteiger partial charge in [-0.2, -0.15) is 0 Å². The summed E-state index contributed by atoms with van der Waals surface area (Å²) in [6.45, 7) is 0.740. The highest BCUT2D eigenvalue weighted by molar-refractivity contribution is 5.70. The topological polar surface area (TPSA) is 35.2 Å². The maximum Gasteiger partial charge on any atom is 0.119 e. The minimum Gasteiger partial charge on any atom is -0.497 e. The largest absolute Gasteiger partial charge is 0.497 e. The first-order valence-electron chi connectivity index (χ1n) is 6.93. The lowest BCUT2D eigenvalue weighted by Gasteiger charge is -2.02. The summed E-state index contributed by atoms with van der Waals surface area (Å²) in [7, 11) is 1.68. The summed E-state index contributed by atoms with van der Waals surface area (Å²) in [5.74, 6) is 0.879. The number of benzene rings is 2. The molecule has 2 aromatic rings. The van der Waals surface area contributed by atoms with Crippen molar-refractivity contribution in [3.05, 3.63) is 65.2 Å². The van der Waals surface area contributed by atoms with Crippen molar-refractivity contribution in [2.75, 3.05) is 13.7 Å². The molecule has 0 spiro atoms. The maximum absolute atomic E-state index is 5.55. The Kier molecular flexibility index (Phi) is 5.39. The Morgan fingerprint density at radius 1 is 1.00 bits per heavy atom. The SMILES string of the molecule is COc1cccc(C=Cc2cccc(CCCN)c2)c1. The predicted octanol–water partition coefficient (Wildman–Crippen LogP) is 3.76. The van der Waals surface area contributed by atoms with Gasteiger partial charge in [0.25, 0.3) is 0 Å². The average molecular weight is 267 g/mol. The number of rotatable bonds is 6. The van der Waals surface area contributed by atoms with E-state index in [2.05, 4.69) is 42.5 Å². The van der Waals surface area contributed by atoms with E-state index in [4.69, 9.17) is 10.5 Å². The Balaban J connectivity index is 2.10. The first kappa shape index (κ1) is 14.4. The Labute approximate surface area is 120 Å². The second-order valence-electron chi connectivity index (χ2n) is 4.75. The molecule has 104 valence electrons. The number of methoxy groups -OCH3 is 1. The molecule has 2 N–H and O–H groups in total. The molecule has 0 saturated carbocycles. The van der Waals surface area contributed by atoms with Gasteiger partial charge in [-0.15, -0.1) is 0 Å². The van der Waals surface area contributed by atoms with Crippen molar-refractivity contribution in [2.24, 2.45) is 5.73 Å². The van der Waals surface area contributed by atoms with Gasteiger partial charge in [-0.05, 0) is 48.2 Å². The molecule has 0 aromatic heterocycles. The summed E-state index contributed by atoms with van der Waals surface area (Å²) in [5.41, 5.74) is 9.23. The fourth-order valence-corrected chi connectivity index (χ4v) is 2.10. The van der Waals surface area contributed by atoms with Crippen LogP contribution in [0.1, 0.15) is 23.1 Å². The van der Waals surface area contributed by atoms with E-state index < -0.39 is 0 Å². The van der Waals surface area contributed by atoms with Gasteiger partial charge in [0.15, 0.2) is 0 Å². The van der Waals surface area contributed by atoms with Gasteiger partial charge in [0.1, 0.15) is 5.75 Å². The quantitative estimate of drug-likeness (QED) is 0.809. The average Bonchev–Trinajstić information content (AvgIpc) is 2.51. The zero-order valence-electron chi connectivity index (χ0n) is 11.9. The van der Waals surface area contributed by atoms with Crippen molar-refractivity contribution in [1.29, 1.82) is 0 Å². The van der Waals surface area contributed by atoms with Crippen LogP contribution in [0.4, 0.5) is 0 Å². The molecule has 0 aliphatic carbocycles. The van der Waals surface area contributed by atoms with E-state index in [1.54, 1.807) is 7.11 Å². The minimum absolute atomic E-state index is 0.740. The summed E-state index contributed by atoms with van der Waals surface area (Å²) in [6, 6.07) is 16.6. The molecule has 0 atom stereocenters. The van der Waals surface area contributed by atoms with Gasteiger partial charge in [0.05, 0.1) is 7.11 Å². The van der Waals surface area contributed by atoms with Crippen molar-refractivity contribution in [1.82, 2.24) is 0 Å². The smallest absolute Gasteiger partial charge is 0.119 e. The number of hydrogen-bond acceptors (Lipinski definition) is 2. The second kappa shape index (κ2) is 7.51. The van der Waals surface area contributed by atoms with E-state index in [0.29, 0.717) is 0 Å². The molecule has 20 heavy (non-hydrogen) atoms. The summed E-state index contributed by atoms with van der Waals surface area (Å²) in [6.07, 6.45) is 6.30. The molecule has 0 aliphatic rings. The monoisotopic (exact) mass is 267 g/mol. The molecular weight excluding hydrogens is 246 g/mol. The zero-order chi connectivity index (χ0) is 14.2. The van der Waals surface area contributed by atoms with Crippen LogP contribution in [0.5, 0.6) is 5.75 Å². The van der Waals surface area contributed by atoms with Gasteiger partial charge < -0.3 is 10.5 Å². The zero-order valence-corrected chi connectivity index (χ0v) is 11.9. The van der Waals surface area contributed by atoms with Crippen LogP contribution in [0.15, 0.2) is 48.5 Å². The summed E-state index contributed by atoms with van der Waals surface area (Å²) < 4.78 is 5.22. The molecule has 0 fully saturated rings. The van der Waals surface area contributed by atoms with Crippen LogP contribution in [0.2, 0.25) is 0 Å². The highest BCUT2D eigenvalue weighted by Crippen LogP contribution is 2.16. The van der Waals surface area contributed by atoms with Crippen LogP contribution in [0.25, 0.3) is 12.2 Å². The molecule has 0 saturated heterocycles. The van der Waals surface area contributed by atoms with Crippen molar-refractivity contribution >= 4 is 12.2 Å². The van der Waals surface area contributed by atoms with Gasteiger partial charge in [0, 0.05) is 0 Å². The van der Waals surface area contributed by atoms with Crippen molar-refractivity contribution in [3.63, 3.8) is 0 Å². The lowest BCUT2D eigenvalue weighted by atomic mass is 10.1. The maximum atomic E-state index is 5.55. The van der Waals surface area contributed by atoms with E-state index in [1.807, 2.05) is 18.2 Å².